The highest BCUT2D eigenvalue weighted by molar-refractivity contribution is 5.93. The summed E-state index contributed by atoms with van der Waals surface area (Å²) in [7, 11) is 2.59. The lowest BCUT2D eigenvalue weighted by Crippen LogP contribution is -2.55. The summed E-state index contributed by atoms with van der Waals surface area (Å²) in [6, 6.07) is 9.79. The molecule has 0 unspecified atom stereocenters. The maximum atomic E-state index is 14.0. The number of benzene rings is 2. The third-order valence-electron chi connectivity index (χ3n) is 14.7. The topological polar surface area (TPSA) is 257 Å². The molecule has 6 atom stereocenters. The Morgan fingerprint density at radius 2 is 1.03 bits per heavy atom. The number of nitrogens with zero attached hydrogens (tertiary/aromatic N) is 2. The molecular weight excluding hydrogens is 969 g/mol. The van der Waals surface area contributed by atoms with Crippen LogP contribution in [0.5, 0.6) is 11.5 Å². The number of aliphatic hydroxyl groups excluding tert-OH is 1. The van der Waals surface area contributed by atoms with E-state index in [1.54, 1.807) is 24.3 Å². The minimum Gasteiger partial charge on any atom is -0.508 e. The molecule has 0 bridgehead atoms. The predicted octanol–water partition coefficient (Wildman–Crippen LogP) is 5.21. The molecule has 75 heavy (non-hydrogen) atoms. The van der Waals surface area contributed by atoms with Crippen molar-refractivity contribution >= 4 is 41.5 Å². The first-order valence-electron chi connectivity index (χ1n) is 26.6. The molecule has 4 aliphatic rings. The molecule has 2 aromatic carbocycles. The largest absolute Gasteiger partial charge is 0.508 e. The third kappa shape index (κ3) is 18.5. The Morgan fingerprint density at radius 3 is 1.39 bits per heavy atom. The highest BCUT2D eigenvalue weighted by atomic mass is 16.5. The van der Waals surface area contributed by atoms with E-state index in [4.69, 9.17) is 23.7 Å². The van der Waals surface area contributed by atoms with Crippen LogP contribution in [0.25, 0.3) is 0 Å². The van der Waals surface area contributed by atoms with E-state index in [-0.39, 0.29) is 98.5 Å². The number of hydrogen-bond donors (Lipinski definition) is 5. The fourth-order valence-electron chi connectivity index (χ4n) is 10.9. The van der Waals surface area contributed by atoms with E-state index in [1.165, 1.54) is 55.2 Å². The number of likely N-dealkylation sites (tertiary alicyclic amines) is 2. The highest BCUT2D eigenvalue weighted by Crippen LogP contribution is 2.34. The second-order valence-electron chi connectivity index (χ2n) is 21.7. The minimum absolute atomic E-state index is 0.0214. The Labute approximate surface area is 441 Å². The number of rotatable bonds is 21. The SMILES string of the molecule is COC(=O)[C@@H]1C[C@@H](OC(C)(C)CCO)CN1C(=O)[C@@H](NC(=O)Cc1cccc(O)c1)C1CCCCC1.COC(=O)[C@@H]1C[C@@H](OC(C)(C)CCOC(C)=O)CN1C(=O)[C@@H](NC(=O)Cc1cccc(O)c1)C1CCCCC1. The van der Waals surface area contributed by atoms with Gasteiger partial charge in [-0.25, -0.2) is 9.59 Å². The van der Waals surface area contributed by atoms with Gasteiger partial charge in [0, 0.05) is 45.9 Å². The van der Waals surface area contributed by atoms with E-state index in [0.29, 0.717) is 30.4 Å². The first-order valence-corrected chi connectivity index (χ1v) is 26.6. The summed E-state index contributed by atoms with van der Waals surface area (Å²) in [6.45, 7) is 9.40. The van der Waals surface area contributed by atoms with Crippen LogP contribution < -0.4 is 10.6 Å². The van der Waals surface area contributed by atoms with Crippen LogP contribution in [0.1, 0.15) is 136 Å². The van der Waals surface area contributed by atoms with Gasteiger partial charge in [0.05, 0.1) is 57.1 Å². The van der Waals surface area contributed by atoms with Gasteiger partial charge in [-0.05, 0) is 107 Å². The number of carbonyl (C=O) groups is 7. The van der Waals surface area contributed by atoms with Crippen LogP contribution >= 0.6 is 0 Å². The van der Waals surface area contributed by atoms with Gasteiger partial charge in [-0.15, -0.1) is 0 Å². The van der Waals surface area contributed by atoms with Crippen LogP contribution in [0, 0.1) is 11.8 Å². The standard InChI is InChI=1S/C29H42N2O8.C27H40N2O7/c1-19(32)38-14-13-29(2,3)39-23-17-24(28(36)37-4)31(18-23)27(35)26(21-10-6-5-7-11-21)30-25(34)16-20-9-8-12-22(33)15-20;1-27(2,12-13-30)36-21-16-22(26(34)35-3)29(17-21)25(33)24(19-9-5-4-6-10-19)28-23(32)15-18-8-7-11-20(31)14-18/h8-9,12,15,21,23-24,26,33H,5-7,10-11,13-14,16-18H2,1-4H3,(H,30,34);7-8,11,14,19,21-22,24,30-31H,4-6,9-10,12-13,15-17H2,1-3H3,(H,28,32)/t23-,24+,26+;21-,22+,24+/m11/s1. The number of phenols is 2. The van der Waals surface area contributed by atoms with Crippen molar-refractivity contribution in [2.45, 2.75) is 185 Å². The highest BCUT2D eigenvalue weighted by Gasteiger charge is 2.48. The number of carbonyl (C=O) groups excluding carboxylic acids is 7. The molecule has 19 nitrogen and oxygen atoms in total. The molecule has 2 aliphatic heterocycles. The molecule has 19 heteroatoms. The Bertz CT molecular complexity index is 2240. The molecule has 2 saturated carbocycles. The van der Waals surface area contributed by atoms with Gasteiger partial charge < -0.3 is 59.4 Å². The molecular formula is C56H82N4O15. The monoisotopic (exact) mass is 1050 g/mol. The fourth-order valence-corrected chi connectivity index (χ4v) is 10.9. The summed E-state index contributed by atoms with van der Waals surface area (Å²) in [5.41, 5.74) is 0.0195. The van der Waals surface area contributed by atoms with Crippen LogP contribution in [0.4, 0.5) is 0 Å². The zero-order valence-corrected chi connectivity index (χ0v) is 45.0. The minimum atomic E-state index is -0.828. The Morgan fingerprint density at radius 1 is 0.627 bits per heavy atom. The zero-order valence-electron chi connectivity index (χ0n) is 45.0. The van der Waals surface area contributed by atoms with Crippen molar-refractivity contribution < 1.29 is 72.6 Å². The summed E-state index contributed by atoms with van der Waals surface area (Å²) in [5.74, 6) is -2.57. The molecule has 2 aromatic rings. The van der Waals surface area contributed by atoms with Gasteiger partial charge in [0.25, 0.3) is 0 Å². The average Bonchev–Trinajstić information content (AvgIpc) is 3.98. The molecule has 2 heterocycles. The van der Waals surface area contributed by atoms with Crippen LogP contribution in [-0.2, 0) is 70.1 Å². The molecule has 416 valence electrons. The number of aliphatic hydroxyl groups is 1. The van der Waals surface area contributed by atoms with E-state index in [0.717, 1.165) is 64.2 Å². The molecule has 0 spiro atoms. The van der Waals surface area contributed by atoms with Gasteiger partial charge in [0.15, 0.2) is 0 Å². The molecule has 5 N–H and O–H groups in total. The second-order valence-corrected chi connectivity index (χ2v) is 21.7. The third-order valence-corrected chi connectivity index (χ3v) is 14.7. The molecule has 4 amide bonds. The number of ether oxygens (including phenoxy) is 5. The van der Waals surface area contributed by atoms with Crippen LogP contribution in [0.2, 0.25) is 0 Å². The van der Waals surface area contributed by atoms with Crippen molar-refractivity contribution in [2.24, 2.45) is 11.8 Å². The molecule has 2 aliphatic carbocycles. The quantitative estimate of drug-likeness (QED) is 0.0795. The van der Waals surface area contributed by atoms with Crippen molar-refractivity contribution in [3.63, 3.8) is 0 Å². The van der Waals surface area contributed by atoms with Gasteiger partial charge in [-0.3, -0.25) is 24.0 Å². The fraction of sp³-hybridized carbons (Fsp3) is 0.661. The van der Waals surface area contributed by atoms with E-state index in [9.17, 15) is 48.9 Å². The summed E-state index contributed by atoms with van der Waals surface area (Å²) >= 11 is 0. The van der Waals surface area contributed by atoms with Crippen molar-refractivity contribution in [3.8, 4) is 11.5 Å². The molecule has 6 rings (SSSR count). The van der Waals surface area contributed by atoms with Crippen molar-refractivity contribution in [1.29, 1.82) is 0 Å². The number of phenolic OH excluding ortho intramolecular Hbond substituents is 2. The number of amides is 4. The summed E-state index contributed by atoms with van der Waals surface area (Å²) in [6.07, 6.45) is 10.0. The van der Waals surface area contributed by atoms with E-state index >= 15 is 0 Å². The molecule has 4 fully saturated rings. The molecule has 2 saturated heterocycles. The summed E-state index contributed by atoms with van der Waals surface area (Å²) in [5, 5.41) is 34.7. The van der Waals surface area contributed by atoms with E-state index in [1.807, 2.05) is 27.7 Å². The number of nitrogens with one attached hydrogen (secondary N) is 2. The lowest BCUT2D eigenvalue weighted by atomic mass is 9.83. The number of esters is 3. The van der Waals surface area contributed by atoms with Gasteiger partial charge in [0.1, 0.15) is 35.7 Å². The van der Waals surface area contributed by atoms with E-state index < -0.39 is 59.5 Å². The lowest BCUT2D eigenvalue weighted by molar-refractivity contribution is -0.152. The molecule has 0 aromatic heterocycles. The first kappa shape index (κ1) is 60.1. The summed E-state index contributed by atoms with van der Waals surface area (Å²) < 4.78 is 27.5. The Balaban J connectivity index is 0.000000278. The Kier molecular flexibility index (Phi) is 22.7. The molecule has 0 radical (unpaired) electrons. The Hall–Kier alpha value is -5.79. The van der Waals surface area contributed by atoms with E-state index in [2.05, 4.69) is 10.6 Å². The van der Waals surface area contributed by atoms with Crippen LogP contribution in [0.3, 0.4) is 0 Å². The first-order chi connectivity index (χ1) is 35.6. The second kappa shape index (κ2) is 28.4. The van der Waals surface area contributed by atoms with Gasteiger partial charge in [-0.1, -0.05) is 62.8 Å². The normalized spacial score (nSPS) is 21.2. The number of aromatic hydroxyl groups is 2. The maximum absolute atomic E-state index is 14.0. The smallest absolute Gasteiger partial charge is 0.328 e. The van der Waals surface area contributed by atoms with Crippen LogP contribution in [-0.4, -0.2) is 155 Å². The van der Waals surface area contributed by atoms with Crippen molar-refractivity contribution in [2.75, 3.05) is 40.5 Å². The van der Waals surface area contributed by atoms with Gasteiger partial charge >= 0.3 is 17.9 Å². The summed E-state index contributed by atoms with van der Waals surface area (Å²) in [4.78, 5) is 93.5. The van der Waals surface area contributed by atoms with Gasteiger partial charge in [-0.2, -0.15) is 0 Å². The number of hydrogen-bond acceptors (Lipinski definition) is 15. The van der Waals surface area contributed by atoms with Gasteiger partial charge in [0.2, 0.25) is 23.6 Å². The zero-order chi connectivity index (χ0) is 54.9. The predicted molar refractivity (Wildman–Crippen MR) is 276 cm³/mol. The maximum Gasteiger partial charge on any atom is 0.328 e. The van der Waals surface area contributed by atoms with Crippen molar-refractivity contribution in [3.05, 3.63) is 59.7 Å². The lowest BCUT2D eigenvalue weighted by Gasteiger charge is -2.34. The average molecular weight is 1050 g/mol. The number of methoxy groups -OCH3 is 2. The van der Waals surface area contributed by atoms with Crippen LogP contribution in [0.15, 0.2) is 48.5 Å². The van der Waals surface area contributed by atoms with Crippen molar-refractivity contribution in [1.82, 2.24) is 20.4 Å².